The molecule has 0 saturated carbocycles. The molecular weight excluding hydrogens is 356 g/mol. The SMILES string of the molecule is CCNC(=O)N1CCc2ccc(NC(=O)C3(n4cccn4)CCNCC3)cc21. The lowest BCUT2D eigenvalue weighted by molar-refractivity contribution is -0.126. The van der Waals surface area contributed by atoms with Gasteiger partial charge in [0.05, 0.1) is 5.69 Å². The van der Waals surface area contributed by atoms with Crippen molar-refractivity contribution in [2.45, 2.75) is 31.7 Å². The summed E-state index contributed by atoms with van der Waals surface area (Å²) in [6.45, 7) is 4.67. The molecule has 0 unspecified atom stereocenters. The maximum absolute atomic E-state index is 13.3. The zero-order valence-electron chi connectivity index (χ0n) is 16.1. The smallest absolute Gasteiger partial charge is 0.321 e. The van der Waals surface area contributed by atoms with Crippen molar-refractivity contribution >= 4 is 23.3 Å². The predicted molar refractivity (Wildman–Crippen MR) is 107 cm³/mol. The molecule has 3 amide bonds. The van der Waals surface area contributed by atoms with E-state index in [2.05, 4.69) is 21.0 Å². The number of rotatable bonds is 4. The molecule has 3 N–H and O–H groups in total. The van der Waals surface area contributed by atoms with Crippen LogP contribution in [0, 0.1) is 0 Å². The number of fused-ring (bicyclic) bond motifs is 1. The van der Waals surface area contributed by atoms with Crippen molar-refractivity contribution in [3.05, 3.63) is 42.2 Å². The Bertz CT molecular complexity index is 858. The second kappa shape index (κ2) is 7.63. The molecule has 2 aromatic rings. The van der Waals surface area contributed by atoms with Crippen LogP contribution in [0.3, 0.4) is 0 Å². The molecule has 8 nitrogen and oxygen atoms in total. The van der Waals surface area contributed by atoms with Gasteiger partial charge in [0, 0.05) is 31.2 Å². The Balaban J connectivity index is 1.58. The minimum absolute atomic E-state index is 0.0693. The highest BCUT2D eigenvalue weighted by Crippen LogP contribution is 2.33. The van der Waals surface area contributed by atoms with Gasteiger partial charge in [-0.15, -0.1) is 0 Å². The lowest BCUT2D eigenvalue weighted by atomic mass is 9.87. The van der Waals surface area contributed by atoms with Gasteiger partial charge in [0.1, 0.15) is 5.54 Å². The van der Waals surface area contributed by atoms with Crippen molar-refractivity contribution in [2.24, 2.45) is 0 Å². The van der Waals surface area contributed by atoms with Crippen LogP contribution in [0.4, 0.5) is 16.2 Å². The van der Waals surface area contributed by atoms with Crippen molar-refractivity contribution in [1.82, 2.24) is 20.4 Å². The summed E-state index contributed by atoms with van der Waals surface area (Å²) in [4.78, 5) is 27.4. The number of nitrogens with zero attached hydrogens (tertiary/aromatic N) is 3. The predicted octanol–water partition coefficient (Wildman–Crippen LogP) is 1.69. The molecule has 0 aliphatic carbocycles. The first-order valence-electron chi connectivity index (χ1n) is 9.84. The van der Waals surface area contributed by atoms with E-state index in [0.717, 1.165) is 30.8 Å². The fraction of sp³-hybridized carbons (Fsp3) is 0.450. The number of urea groups is 1. The van der Waals surface area contributed by atoms with E-state index in [4.69, 9.17) is 0 Å². The molecule has 1 aromatic carbocycles. The van der Waals surface area contributed by atoms with Crippen LogP contribution in [0.5, 0.6) is 0 Å². The molecule has 1 saturated heterocycles. The molecule has 2 aliphatic heterocycles. The van der Waals surface area contributed by atoms with Crippen molar-refractivity contribution < 1.29 is 9.59 Å². The molecule has 8 heteroatoms. The molecule has 0 spiro atoms. The van der Waals surface area contributed by atoms with Gasteiger partial charge in [-0.05, 0) is 63.0 Å². The lowest BCUT2D eigenvalue weighted by Gasteiger charge is -2.36. The summed E-state index contributed by atoms with van der Waals surface area (Å²) < 4.78 is 1.78. The van der Waals surface area contributed by atoms with E-state index in [1.807, 2.05) is 37.4 Å². The lowest BCUT2D eigenvalue weighted by Crippen LogP contribution is -2.52. The number of piperidine rings is 1. The van der Waals surface area contributed by atoms with Crippen molar-refractivity contribution in [3.8, 4) is 0 Å². The van der Waals surface area contributed by atoms with E-state index in [1.165, 1.54) is 0 Å². The summed E-state index contributed by atoms with van der Waals surface area (Å²) in [5.41, 5.74) is 1.98. The largest absolute Gasteiger partial charge is 0.338 e. The third kappa shape index (κ3) is 3.24. The highest BCUT2D eigenvalue weighted by molar-refractivity contribution is 5.99. The molecule has 0 radical (unpaired) electrons. The minimum Gasteiger partial charge on any atom is -0.338 e. The van der Waals surface area contributed by atoms with Gasteiger partial charge in [0.15, 0.2) is 0 Å². The summed E-state index contributed by atoms with van der Waals surface area (Å²) >= 11 is 0. The molecule has 4 rings (SSSR count). The van der Waals surface area contributed by atoms with E-state index in [-0.39, 0.29) is 11.9 Å². The highest BCUT2D eigenvalue weighted by atomic mass is 16.2. The summed E-state index contributed by atoms with van der Waals surface area (Å²) in [7, 11) is 0. The van der Waals surface area contributed by atoms with Gasteiger partial charge in [0.25, 0.3) is 5.91 Å². The van der Waals surface area contributed by atoms with Crippen LogP contribution in [-0.4, -0.2) is 47.9 Å². The van der Waals surface area contributed by atoms with Crippen molar-refractivity contribution in [1.29, 1.82) is 0 Å². The molecule has 148 valence electrons. The van der Waals surface area contributed by atoms with E-state index in [9.17, 15) is 9.59 Å². The molecule has 28 heavy (non-hydrogen) atoms. The summed E-state index contributed by atoms with van der Waals surface area (Å²) in [5.74, 6) is -0.0693. The first-order chi connectivity index (χ1) is 13.6. The molecule has 0 bridgehead atoms. The molecule has 2 aliphatic rings. The second-order valence-corrected chi connectivity index (χ2v) is 7.27. The van der Waals surface area contributed by atoms with Gasteiger partial charge < -0.3 is 16.0 Å². The van der Waals surface area contributed by atoms with Gasteiger partial charge in [-0.25, -0.2) is 4.79 Å². The first kappa shape index (κ1) is 18.5. The van der Waals surface area contributed by atoms with Gasteiger partial charge >= 0.3 is 6.03 Å². The van der Waals surface area contributed by atoms with Crippen LogP contribution in [0.15, 0.2) is 36.7 Å². The zero-order valence-corrected chi connectivity index (χ0v) is 16.1. The molecule has 1 aromatic heterocycles. The number of hydrogen-bond acceptors (Lipinski definition) is 4. The monoisotopic (exact) mass is 382 g/mol. The zero-order chi connectivity index (χ0) is 19.6. The van der Waals surface area contributed by atoms with Gasteiger partial charge in [0.2, 0.25) is 0 Å². The average molecular weight is 382 g/mol. The normalized spacial score (nSPS) is 17.8. The van der Waals surface area contributed by atoms with Crippen LogP contribution in [-0.2, 0) is 16.8 Å². The number of aromatic nitrogens is 2. The third-order valence-corrected chi connectivity index (χ3v) is 5.61. The number of anilines is 2. The van der Waals surface area contributed by atoms with Gasteiger partial charge in [-0.1, -0.05) is 6.07 Å². The Morgan fingerprint density at radius 3 is 2.82 bits per heavy atom. The Labute approximate surface area is 164 Å². The fourth-order valence-corrected chi connectivity index (χ4v) is 4.08. The van der Waals surface area contributed by atoms with Crippen molar-refractivity contribution in [3.63, 3.8) is 0 Å². The Hall–Kier alpha value is -2.87. The van der Waals surface area contributed by atoms with Crippen LogP contribution < -0.4 is 20.9 Å². The standard InChI is InChI=1S/C20H26N6O2/c1-2-22-19(28)25-13-6-15-4-5-16(14-17(15)25)24-18(27)20(7-10-21-11-8-20)26-12-3-9-23-26/h3-5,9,12,14,21H,2,6-8,10-11,13H2,1H3,(H,22,28)(H,24,27). The topological polar surface area (TPSA) is 91.3 Å². The minimum atomic E-state index is -0.701. The van der Waals surface area contributed by atoms with Crippen molar-refractivity contribution in [2.75, 3.05) is 36.4 Å². The quantitative estimate of drug-likeness (QED) is 0.751. The Kier molecular flexibility index (Phi) is 5.04. The number of benzene rings is 1. The molecular formula is C20H26N6O2. The Morgan fingerprint density at radius 1 is 1.29 bits per heavy atom. The number of carbonyl (C=O) groups is 2. The summed E-state index contributed by atoms with van der Waals surface area (Å²) in [5, 5.41) is 13.6. The Morgan fingerprint density at radius 2 is 2.11 bits per heavy atom. The molecule has 0 atom stereocenters. The molecule has 1 fully saturated rings. The average Bonchev–Trinajstić information content (AvgIpc) is 3.39. The fourth-order valence-electron chi connectivity index (χ4n) is 4.08. The first-order valence-corrected chi connectivity index (χ1v) is 9.84. The third-order valence-electron chi connectivity index (χ3n) is 5.61. The second-order valence-electron chi connectivity index (χ2n) is 7.27. The molecule has 3 heterocycles. The highest BCUT2D eigenvalue weighted by Gasteiger charge is 2.42. The summed E-state index contributed by atoms with van der Waals surface area (Å²) in [6.07, 6.45) is 5.73. The van der Waals surface area contributed by atoms with Crippen LogP contribution in [0.2, 0.25) is 0 Å². The van der Waals surface area contributed by atoms with Crippen LogP contribution in [0.25, 0.3) is 0 Å². The van der Waals surface area contributed by atoms with E-state index in [0.29, 0.717) is 31.6 Å². The van der Waals surface area contributed by atoms with Gasteiger partial charge in [-0.2, -0.15) is 5.10 Å². The van der Waals surface area contributed by atoms with Crippen LogP contribution >= 0.6 is 0 Å². The number of carbonyl (C=O) groups excluding carboxylic acids is 2. The number of hydrogen-bond donors (Lipinski definition) is 3. The van der Waals surface area contributed by atoms with Gasteiger partial charge in [-0.3, -0.25) is 14.4 Å². The maximum Gasteiger partial charge on any atom is 0.321 e. The van der Waals surface area contributed by atoms with E-state index >= 15 is 0 Å². The maximum atomic E-state index is 13.3. The number of nitrogens with one attached hydrogen (secondary N) is 3. The summed E-state index contributed by atoms with van der Waals surface area (Å²) in [6, 6.07) is 7.55. The van der Waals surface area contributed by atoms with Crippen LogP contribution in [0.1, 0.15) is 25.3 Å². The van der Waals surface area contributed by atoms with E-state index in [1.54, 1.807) is 15.8 Å². The number of amides is 3. The van der Waals surface area contributed by atoms with E-state index < -0.39 is 5.54 Å².